The molecule has 4 heterocycles. The Morgan fingerprint density at radius 3 is 2.50 bits per heavy atom. The summed E-state index contributed by atoms with van der Waals surface area (Å²) in [7, 11) is 0. The minimum atomic E-state index is 0.397. The lowest BCUT2D eigenvalue weighted by atomic mass is 10.0. The van der Waals surface area contributed by atoms with E-state index in [0.717, 1.165) is 55.9 Å². The molecular weight excluding hydrogens is 302 g/mol. The summed E-state index contributed by atoms with van der Waals surface area (Å²) in [6.45, 7) is 11.5. The van der Waals surface area contributed by atoms with Crippen LogP contribution in [0.4, 0.5) is 5.82 Å². The molecule has 2 aromatic heterocycles. The first-order valence-corrected chi connectivity index (χ1v) is 8.79. The molecule has 0 spiro atoms. The third-order valence-corrected chi connectivity index (χ3v) is 5.17. The van der Waals surface area contributed by atoms with Crippen molar-refractivity contribution in [2.24, 2.45) is 11.8 Å². The Morgan fingerprint density at radius 2 is 1.88 bits per heavy atom. The highest BCUT2D eigenvalue weighted by Gasteiger charge is 2.40. The van der Waals surface area contributed by atoms with Gasteiger partial charge >= 0.3 is 0 Å². The third kappa shape index (κ3) is 3.02. The lowest BCUT2D eigenvalue weighted by Gasteiger charge is -2.21. The van der Waals surface area contributed by atoms with Crippen molar-refractivity contribution < 1.29 is 4.42 Å². The van der Waals surface area contributed by atoms with Crippen LogP contribution in [-0.4, -0.2) is 46.0 Å². The van der Waals surface area contributed by atoms with E-state index in [1.165, 1.54) is 0 Å². The van der Waals surface area contributed by atoms with Gasteiger partial charge in [0.05, 0.1) is 12.7 Å². The second-order valence-electron chi connectivity index (χ2n) is 7.45. The van der Waals surface area contributed by atoms with Crippen LogP contribution < -0.4 is 4.90 Å². The number of hydrogen-bond acceptors (Lipinski definition) is 6. The average molecular weight is 327 g/mol. The molecule has 24 heavy (non-hydrogen) atoms. The molecule has 0 aromatic carbocycles. The van der Waals surface area contributed by atoms with Gasteiger partial charge in [-0.25, -0.2) is 15.0 Å². The van der Waals surface area contributed by atoms with Crippen molar-refractivity contribution >= 4 is 5.82 Å². The van der Waals surface area contributed by atoms with Gasteiger partial charge in [0.1, 0.15) is 17.9 Å². The van der Waals surface area contributed by atoms with Crippen LogP contribution in [-0.2, 0) is 6.54 Å². The molecule has 0 radical (unpaired) electrons. The van der Waals surface area contributed by atoms with E-state index < -0.39 is 0 Å². The van der Waals surface area contributed by atoms with Crippen LogP contribution in [0.5, 0.6) is 0 Å². The van der Waals surface area contributed by atoms with Crippen LogP contribution in [0.2, 0.25) is 0 Å². The average Bonchev–Trinajstić information content (AvgIpc) is 3.22. The summed E-state index contributed by atoms with van der Waals surface area (Å²) in [5.41, 5.74) is 1.03. The van der Waals surface area contributed by atoms with E-state index in [2.05, 4.69) is 44.7 Å². The molecule has 0 amide bonds. The standard InChI is InChI=1S/C18H25N5O/c1-12(2)16-5-19-18(24-16)10-22-6-14-8-23(9-15(14)7-22)17-4-13(3)20-11-21-17/h4-5,11-12,14-15H,6-10H2,1-3H3. The van der Waals surface area contributed by atoms with Gasteiger partial charge < -0.3 is 9.32 Å². The topological polar surface area (TPSA) is 58.3 Å². The predicted molar refractivity (Wildman–Crippen MR) is 91.8 cm³/mol. The molecule has 2 fully saturated rings. The van der Waals surface area contributed by atoms with Crippen molar-refractivity contribution in [2.45, 2.75) is 33.2 Å². The van der Waals surface area contributed by atoms with Crippen LogP contribution in [0, 0.1) is 18.8 Å². The summed E-state index contributed by atoms with van der Waals surface area (Å²) in [6.07, 6.45) is 3.54. The third-order valence-electron chi connectivity index (χ3n) is 5.17. The highest BCUT2D eigenvalue weighted by Crippen LogP contribution is 2.34. The highest BCUT2D eigenvalue weighted by atomic mass is 16.4. The number of rotatable bonds is 4. The monoisotopic (exact) mass is 327 g/mol. The first-order valence-electron chi connectivity index (χ1n) is 8.79. The molecule has 0 aliphatic carbocycles. The summed E-state index contributed by atoms with van der Waals surface area (Å²) in [6, 6.07) is 2.08. The Labute approximate surface area is 142 Å². The second-order valence-corrected chi connectivity index (χ2v) is 7.45. The van der Waals surface area contributed by atoms with Crippen LogP contribution >= 0.6 is 0 Å². The Bertz CT molecular complexity index is 699. The maximum absolute atomic E-state index is 5.85. The van der Waals surface area contributed by atoms with Gasteiger partial charge in [0.25, 0.3) is 0 Å². The fourth-order valence-electron chi connectivity index (χ4n) is 3.88. The summed E-state index contributed by atoms with van der Waals surface area (Å²) in [5, 5.41) is 0. The molecule has 128 valence electrons. The van der Waals surface area contributed by atoms with Gasteiger partial charge in [0.15, 0.2) is 0 Å². The van der Waals surface area contributed by atoms with Crippen molar-refractivity contribution in [2.75, 3.05) is 31.1 Å². The van der Waals surface area contributed by atoms with Gasteiger partial charge in [0, 0.05) is 43.9 Å². The molecule has 2 aliphatic heterocycles. The van der Waals surface area contributed by atoms with E-state index in [1.54, 1.807) is 6.33 Å². The number of nitrogens with zero attached hydrogens (tertiary/aromatic N) is 5. The molecule has 0 saturated carbocycles. The van der Waals surface area contributed by atoms with Crippen LogP contribution in [0.3, 0.4) is 0 Å². The first-order chi connectivity index (χ1) is 11.6. The molecule has 2 unspecified atom stereocenters. The smallest absolute Gasteiger partial charge is 0.208 e. The molecule has 2 aliphatic rings. The zero-order valence-corrected chi connectivity index (χ0v) is 14.6. The molecule has 0 bridgehead atoms. The molecule has 2 atom stereocenters. The van der Waals surface area contributed by atoms with Crippen molar-refractivity contribution in [3.8, 4) is 0 Å². The van der Waals surface area contributed by atoms with Gasteiger partial charge in [-0.05, 0) is 18.8 Å². The molecule has 0 N–H and O–H groups in total. The number of likely N-dealkylation sites (tertiary alicyclic amines) is 1. The molecule has 2 aromatic rings. The summed E-state index contributed by atoms with van der Waals surface area (Å²) in [5.74, 6) is 4.71. The maximum atomic E-state index is 5.85. The zero-order chi connectivity index (χ0) is 16.7. The molecule has 2 saturated heterocycles. The lowest BCUT2D eigenvalue weighted by Crippen LogP contribution is -2.29. The predicted octanol–water partition coefficient (Wildman–Crippen LogP) is 2.46. The maximum Gasteiger partial charge on any atom is 0.208 e. The lowest BCUT2D eigenvalue weighted by molar-refractivity contribution is 0.269. The Morgan fingerprint density at radius 1 is 1.12 bits per heavy atom. The van der Waals surface area contributed by atoms with Gasteiger partial charge in [-0.1, -0.05) is 13.8 Å². The number of hydrogen-bond donors (Lipinski definition) is 0. The summed E-state index contributed by atoms with van der Waals surface area (Å²) in [4.78, 5) is 17.9. The van der Waals surface area contributed by atoms with Crippen molar-refractivity contribution in [3.05, 3.63) is 35.9 Å². The summed E-state index contributed by atoms with van der Waals surface area (Å²) >= 11 is 0. The van der Waals surface area contributed by atoms with Crippen molar-refractivity contribution in [1.82, 2.24) is 19.9 Å². The van der Waals surface area contributed by atoms with Crippen LogP contribution in [0.25, 0.3) is 0 Å². The minimum absolute atomic E-state index is 0.397. The fourth-order valence-corrected chi connectivity index (χ4v) is 3.88. The first kappa shape index (κ1) is 15.6. The van der Waals surface area contributed by atoms with E-state index in [-0.39, 0.29) is 0 Å². The number of aromatic nitrogens is 3. The Balaban J connectivity index is 1.35. The molecule has 4 rings (SSSR count). The Kier molecular flexibility index (Phi) is 4.00. The second kappa shape index (κ2) is 6.16. The van der Waals surface area contributed by atoms with E-state index in [9.17, 15) is 0 Å². The molecule has 6 heteroatoms. The van der Waals surface area contributed by atoms with Crippen LogP contribution in [0.15, 0.2) is 23.0 Å². The van der Waals surface area contributed by atoms with Gasteiger partial charge in [0.2, 0.25) is 5.89 Å². The van der Waals surface area contributed by atoms with Gasteiger partial charge in [-0.3, -0.25) is 4.90 Å². The van der Waals surface area contributed by atoms with E-state index >= 15 is 0 Å². The van der Waals surface area contributed by atoms with Crippen molar-refractivity contribution in [3.63, 3.8) is 0 Å². The van der Waals surface area contributed by atoms with Crippen molar-refractivity contribution in [1.29, 1.82) is 0 Å². The van der Waals surface area contributed by atoms with Crippen LogP contribution in [0.1, 0.15) is 37.1 Å². The van der Waals surface area contributed by atoms with Gasteiger partial charge in [-0.15, -0.1) is 0 Å². The van der Waals surface area contributed by atoms with E-state index in [0.29, 0.717) is 17.8 Å². The molecular formula is C18H25N5O. The Hall–Kier alpha value is -1.95. The molecule has 6 nitrogen and oxygen atoms in total. The highest BCUT2D eigenvalue weighted by molar-refractivity contribution is 5.40. The SMILES string of the molecule is Cc1cc(N2CC3CN(Cc4ncc(C(C)C)o4)CC3C2)ncn1. The quantitative estimate of drug-likeness (QED) is 0.860. The van der Waals surface area contributed by atoms with Gasteiger partial charge in [-0.2, -0.15) is 0 Å². The number of fused-ring (bicyclic) bond motifs is 1. The zero-order valence-electron chi connectivity index (χ0n) is 14.6. The largest absolute Gasteiger partial charge is 0.444 e. The number of oxazole rings is 1. The summed E-state index contributed by atoms with van der Waals surface area (Å²) < 4.78 is 5.85. The fraction of sp³-hybridized carbons (Fsp3) is 0.611. The van der Waals surface area contributed by atoms with E-state index in [4.69, 9.17) is 4.42 Å². The normalized spacial score (nSPS) is 24.1. The minimum Gasteiger partial charge on any atom is -0.444 e. The number of anilines is 1. The van der Waals surface area contributed by atoms with E-state index in [1.807, 2.05) is 13.1 Å². The number of aryl methyl sites for hydroxylation is 1.